The van der Waals surface area contributed by atoms with Crippen LogP contribution in [0.15, 0.2) is 0 Å². The number of rotatable bonds is 2. The van der Waals surface area contributed by atoms with Gasteiger partial charge in [-0.1, -0.05) is 0 Å². The van der Waals surface area contributed by atoms with Crippen molar-refractivity contribution in [2.75, 3.05) is 39.8 Å². The summed E-state index contributed by atoms with van der Waals surface area (Å²) in [4.78, 5) is 39.4. The van der Waals surface area contributed by atoms with E-state index in [-0.39, 0.29) is 30.9 Å². The molecule has 0 saturated carbocycles. The van der Waals surface area contributed by atoms with Crippen molar-refractivity contribution in [3.63, 3.8) is 0 Å². The molecule has 0 aliphatic carbocycles. The number of hydrogen-bond donors (Lipinski definition) is 1. The lowest BCUT2D eigenvalue weighted by Gasteiger charge is -2.34. The van der Waals surface area contributed by atoms with Crippen molar-refractivity contribution in [2.45, 2.75) is 13.0 Å². The summed E-state index contributed by atoms with van der Waals surface area (Å²) in [5.41, 5.74) is 0. The minimum absolute atomic E-state index is 0.0588. The Labute approximate surface area is 106 Å². The van der Waals surface area contributed by atoms with Gasteiger partial charge < -0.3 is 15.1 Å². The standard InChI is InChI=1S/C11H18N4O3/c1-8-5-12-3-4-14(8)10(17)7-15-9(16)6-13(2)11(15)18/h8,12H,3-7H2,1-2H3. The molecule has 0 aromatic rings. The number of nitrogens with one attached hydrogen (secondary N) is 1. The van der Waals surface area contributed by atoms with E-state index in [1.165, 1.54) is 4.90 Å². The van der Waals surface area contributed by atoms with Crippen LogP contribution in [0, 0.1) is 0 Å². The van der Waals surface area contributed by atoms with Gasteiger partial charge in [0.15, 0.2) is 0 Å². The molecule has 2 saturated heterocycles. The topological polar surface area (TPSA) is 73.0 Å². The van der Waals surface area contributed by atoms with Crippen LogP contribution in [-0.2, 0) is 9.59 Å². The zero-order chi connectivity index (χ0) is 13.3. The third-order valence-electron chi connectivity index (χ3n) is 3.35. The van der Waals surface area contributed by atoms with E-state index >= 15 is 0 Å². The van der Waals surface area contributed by atoms with Crippen molar-refractivity contribution in [2.24, 2.45) is 0 Å². The van der Waals surface area contributed by atoms with Gasteiger partial charge in [0.05, 0.1) is 0 Å². The number of piperazine rings is 1. The number of imide groups is 1. The maximum absolute atomic E-state index is 12.1. The summed E-state index contributed by atoms with van der Waals surface area (Å²) in [6.45, 7) is 3.97. The van der Waals surface area contributed by atoms with Gasteiger partial charge in [-0.15, -0.1) is 0 Å². The first kappa shape index (κ1) is 12.8. The number of urea groups is 1. The fourth-order valence-electron chi connectivity index (χ4n) is 2.26. The van der Waals surface area contributed by atoms with Crippen molar-refractivity contribution < 1.29 is 14.4 Å². The van der Waals surface area contributed by atoms with Crippen molar-refractivity contribution in [1.82, 2.24) is 20.0 Å². The number of carbonyl (C=O) groups excluding carboxylic acids is 3. The van der Waals surface area contributed by atoms with E-state index in [1.807, 2.05) is 6.92 Å². The molecule has 2 rings (SSSR count). The van der Waals surface area contributed by atoms with Gasteiger partial charge >= 0.3 is 6.03 Å². The fourth-order valence-corrected chi connectivity index (χ4v) is 2.26. The van der Waals surface area contributed by atoms with Gasteiger partial charge in [0.1, 0.15) is 13.1 Å². The molecule has 0 aromatic carbocycles. The van der Waals surface area contributed by atoms with Crippen LogP contribution < -0.4 is 5.32 Å². The Morgan fingerprint density at radius 3 is 2.72 bits per heavy atom. The fraction of sp³-hybridized carbons (Fsp3) is 0.727. The average Bonchev–Trinajstić information content (AvgIpc) is 2.56. The first-order valence-electron chi connectivity index (χ1n) is 6.06. The summed E-state index contributed by atoms with van der Waals surface area (Å²) in [5.74, 6) is -0.473. The Kier molecular flexibility index (Phi) is 3.51. The van der Waals surface area contributed by atoms with Gasteiger partial charge in [-0.2, -0.15) is 0 Å². The summed E-state index contributed by atoms with van der Waals surface area (Å²) in [6.07, 6.45) is 0. The van der Waals surface area contributed by atoms with Crippen LogP contribution in [0.25, 0.3) is 0 Å². The first-order chi connectivity index (χ1) is 8.50. The van der Waals surface area contributed by atoms with Crippen LogP contribution in [0.5, 0.6) is 0 Å². The molecule has 100 valence electrons. The Bertz CT molecular complexity index is 384. The zero-order valence-electron chi connectivity index (χ0n) is 10.7. The molecule has 7 nitrogen and oxygen atoms in total. The highest BCUT2D eigenvalue weighted by Gasteiger charge is 2.36. The highest BCUT2D eigenvalue weighted by Crippen LogP contribution is 2.10. The minimum atomic E-state index is -0.392. The van der Waals surface area contributed by atoms with E-state index in [0.29, 0.717) is 6.54 Å². The van der Waals surface area contributed by atoms with Gasteiger partial charge in [0.2, 0.25) is 5.91 Å². The van der Waals surface area contributed by atoms with Crippen molar-refractivity contribution in [1.29, 1.82) is 0 Å². The number of likely N-dealkylation sites (N-methyl/N-ethyl adjacent to an activating group) is 1. The molecule has 18 heavy (non-hydrogen) atoms. The van der Waals surface area contributed by atoms with E-state index in [4.69, 9.17) is 0 Å². The Hall–Kier alpha value is -1.63. The molecule has 4 amide bonds. The summed E-state index contributed by atoms with van der Waals surface area (Å²) < 4.78 is 0. The average molecular weight is 254 g/mol. The second-order valence-corrected chi connectivity index (χ2v) is 4.76. The first-order valence-corrected chi connectivity index (χ1v) is 6.06. The van der Waals surface area contributed by atoms with Crippen molar-refractivity contribution in [3.05, 3.63) is 0 Å². The van der Waals surface area contributed by atoms with Crippen LogP contribution in [-0.4, -0.2) is 78.4 Å². The molecular formula is C11H18N4O3. The van der Waals surface area contributed by atoms with E-state index in [1.54, 1.807) is 11.9 Å². The third-order valence-corrected chi connectivity index (χ3v) is 3.35. The number of amides is 4. The second-order valence-electron chi connectivity index (χ2n) is 4.76. The molecule has 1 unspecified atom stereocenters. The van der Waals surface area contributed by atoms with Gasteiger partial charge in [0, 0.05) is 32.7 Å². The van der Waals surface area contributed by atoms with Crippen LogP contribution in [0.3, 0.4) is 0 Å². The van der Waals surface area contributed by atoms with E-state index in [2.05, 4.69) is 5.32 Å². The lowest BCUT2D eigenvalue weighted by atomic mass is 10.2. The second kappa shape index (κ2) is 4.93. The van der Waals surface area contributed by atoms with Crippen molar-refractivity contribution >= 4 is 17.8 Å². The Balaban J connectivity index is 1.98. The largest absolute Gasteiger partial charge is 0.336 e. The van der Waals surface area contributed by atoms with E-state index in [0.717, 1.165) is 18.0 Å². The number of nitrogens with zero attached hydrogens (tertiary/aromatic N) is 3. The van der Waals surface area contributed by atoms with Gasteiger partial charge in [0.25, 0.3) is 5.91 Å². The van der Waals surface area contributed by atoms with Gasteiger partial charge in [-0.25, -0.2) is 4.79 Å². The molecule has 2 aliphatic rings. The molecule has 1 atom stereocenters. The predicted octanol–water partition coefficient (Wildman–Crippen LogP) is -1.30. The summed E-state index contributed by atoms with van der Waals surface area (Å²) in [6, 6.07) is -0.298. The molecule has 7 heteroatoms. The molecule has 0 bridgehead atoms. The maximum Gasteiger partial charge on any atom is 0.327 e. The van der Waals surface area contributed by atoms with Crippen molar-refractivity contribution in [3.8, 4) is 0 Å². The molecule has 0 radical (unpaired) electrons. The van der Waals surface area contributed by atoms with E-state index < -0.39 is 6.03 Å². The van der Waals surface area contributed by atoms with E-state index in [9.17, 15) is 14.4 Å². The van der Waals surface area contributed by atoms with Gasteiger partial charge in [-0.3, -0.25) is 14.5 Å². The Morgan fingerprint density at radius 1 is 1.44 bits per heavy atom. The Morgan fingerprint density at radius 2 is 2.17 bits per heavy atom. The third kappa shape index (κ3) is 2.31. The minimum Gasteiger partial charge on any atom is -0.336 e. The highest BCUT2D eigenvalue weighted by molar-refractivity contribution is 6.04. The van der Waals surface area contributed by atoms with Crippen LogP contribution in [0.1, 0.15) is 6.92 Å². The lowest BCUT2D eigenvalue weighted by molar-refractivity contribution is -0.138. The number of hydrogen-bond acceptors (Lipinski definition) is 4. The lowest BCUT2D eigenvalue weighted by Crippen LogP contribution is -2.55. The zero-order valence-corrected chi connectivity index (χ0v) is 10.7. The summed E-state index contributed by atoms with van der Waals surface area (Å²) in [7, 11) is 1.55. The molecule has 1 N–H and O–H groups in total. The maximum atomic E-state index is 12.1. The van der Waals surface area contributed by atoms with Crippen LogP contribution in [0.2, 0.25) is 0 Å². The summed E-state index contributed by atoms with van der Waals surface area (Å²) in [5, 5.41) is 3.19. The smallest absolute Gasteiger partial charge is 0.327 e. The molecule has 2 aliphatic heterocycles. The number of carbonyl (C=O) groups is 3. The molecular weight excluding hydrogens is 236 g/mol. The molecule has 0 spiro atoms. The normalized spacial score (nSPS) is 25.0. The molecule has 2 heterocycles. The SMILES string of the molecule is CC1CNCCN1C(=O)CN1C(=O)CN(C)C1=O. The predicted molar refractivity (Wildman–Crippen MR) is 63.8 cm³/mol. The molecule has 0 aromatic heterocycles. The van der Waals surface area contributed by atoms with Gasteiger partial charge in [-0.05, 0) is 6.92 Å². The summed E-state index contributed by atoms with van der Waals surface area (Å²) >= 11 is 0. The molecule has 2 fully saturated rings. The highest BCUT2D eigenvalue weighted by atomic mass is 16.2. The monoisotopic (exact) mass is 254 g/mol. The quantitative estimate of drug-likeness (QED) is 0.622. The van der Waals surface area contributed by atoms with Crippen LogP contribution in [0.4, 0.5) is 4.79 Å². The van der Waals surface area contributed by atoms with Crippen LogP contribution >= 0.6 is 0 Å².